The van der Waals surface area contributed by atoms with Crippen molar-refractivity contribution in [3.63, 3.8) is 0 Å². The van der Waals surface area contributed by atoms with Gasteiger partial charge in [-0.1, -0.05) is 30.3 Å². The van der Waals surface area contributed by atoms with Crippen molar-refractivity contribution in [1.82, 2.24) is 21.3 Å². The number of nitrogens with one attached hydrogen (secondary N) is 4. The normalized spacial score (nSPS) is 13.1. The number of hydrogen-bond acceptors (Lipinski definition) is 11. The van der Waals surface area contributed by atoms with Crippen LogP contribution in [0.15, 0.2) is 54.6 Å². The molecule has 0 radical (unpaired) electrons. The summed E-state index contributed by atoms with van der Waals surface area (Å²) in [6.45, 7) is -1.79. The number of methoxy groups -OCH3 is 1. The molecule has 15 nitrogen and oxygen atoms in total. The molecule has 0 aliphatic heterocycles. The SMILES string of the molecule is COC(=O)CC(NC(=O)C(C)NC(=O)C(NC(=O)CNC(=O)OCc1ccc(N)cc1)C(C(F)(F)F)C(F)(F)F)C(=O)COC(=O)c1ccccc1. The molecule has 0 fully saturated rings. The van der Waals surface area contributed by atoms with Gasteiger partial charge < -0.3 is 41.2 Å². The summed E-state index contributed by atoms with van der Waals surface area (Å²) >= 11 is 0. The van der Waals surface area contributed by atoms with Crippen molar-refractivity contribution >= 4 is 47.2 Å². The standard InChI is InChI=1S/C31H33F6N5O10/c1-16(26(46)41-20(12-23(45)50-2)21(43)15-51-28(48)18-6-4-3-5-7-18)40-27(47)24(25(30(32,33)34)31(35,36)37)42-22(44)13-39-29(49)52-14-17-8-10-19(38)11-9-17/h3-11,16,20,24-25H,12-15,38H2,1-2H3,(H,39,49)(H,40,47)(H,41,46)(H,42,44). The summed E-state index contributed by atoms with van der Waals surface area (Å²) in [7, 11) is 0.927. The molecule has 0 aromatic heterocycles. The fourth-order valence-corrected chi connectivity index (χ4v) is 4.11. The summed E-state index contributed by atoms with van der Waals surface area (Å²) in [6.07, 6.45) is -14.5. The van der Waals surface area contributed by atoms with Gasteiger partial charge in [-0.3, -0.25) is 24.0 Å². The Hall–Kier alpha value is -5.89. The van der Waals surface area contributed by atoms with Crippen molar-refractivity contribution in [1.29, 1.82) is 0 Å². The van der Waals surface area contributed by atoms with Crippen molar-refractivity contribution in [2.45, 2.75) is 50.4 Å². The molecule has 0 bridgehead atoms. The molecule has 21 heteroatoms. The molecule has 0 aliphatic rings. The number of ether oxygens (including phenoxy) is 3. The molecule has 2 rings (SSSR count). The van der Waals surface area contributed by atoms with Crippen LogP contribution in [-0.2, 0) is 44.8 Å². The lowest BCUT2D eigenvalue weighted by Crippen LogP contribution is -2.62. The fourth-order valence-electron chi connectivity index (χ4n) is 4.11. The molecule has 6 N–H and O–H groups in total. The zero-order chi connectivity index (χ0) is 39.2. The molecule has 4 amide bonds. The van der Waals surface area contributed by atoms with Gasteiger partial charge in [0.05, 0.1) is 19.1 Å². The molecule has 0 saturated carbocycles. The number of rotatable bonds is 16. The average molecular weight is 750 g/mol. The summed E-state index contributed by atoms with van der Waals surface area (Å²) in [6, 6.07) is 5.99. The van der Waals surface area contributed by atoms with E-state index in [1.165, 1.54) is 53.8 Å². The Bertz CT molecular complexity index is 1580. The van der Waals surface area contributed by atoms with E-state index >= 15 is 0 Å². The second-order valence-corrected chi connectivity index (χ2v) is 10.8. The van der Waals surface area contributed by atoms with E-state index < -0.39 is 97.5 Å². The number of benzene rings is 2. The molecule has 2 aromatic carbocycles. The van der Waals surface area contributed by atoms with Crippen LogP contribution in [0, 0.1) is 5.92 Å². The minimum atomic E-state index is -6.17. The molecule has 0 heterocycles. The lowest BCUT2D eigenvalue weighted by atomic mass is 9.96. The maximum absolute atomic E-state index is 13.7. The van der Waals surface area contributed by atoms with E-state index in [1.807, 2.05) is 5.32 Å². The molecular weight excluding hydrogens is 716 g/mol. The third kappa shape index (κ3) is 13.8. The zero-order valence-corrected chi connectivity index (χ0v) is 27.3. The number of hydrogen-bond donors (Lipinski definition) is 5. The number of nitrogens with two attached hydrogens (primary N) is 1. The molecular formula is C31H33F6N5O10. The number of carbonyl (C=O) groups is 7. The number of esters is 2. The maximum Gasteiger partial charge on any atom is 0.407 e. The van der Waals surface area contributed by atoms with Crippen LogP contribution >= 0.6 is 0 Å². The second kappa shape index (κ2) is 18.9. The van der Waals surface area contributed by atoms with E-state index in [2.05, 4.69) is 4.74 Å². The molecule has 3 atom stereocenters. The van der Waals surface area contributed by atoms with Crippen LogP contribution in [0.4, 0.5) is 36.8 Å². The number of alkyl halides is 6. The molecule has 52 heavy (non-hydrogen) atoms. The van der Waals surface area contributed by atoms with Crippen molar-refractivity contribution < 1.29 is 74.1 Å². The van der Waals surface area contributed by atoms with Crippen LogP contribution in [-0.4, -0.2) is 92.3 Å². The summed E-state index contributed by atoms with van der Waals surface area (Å²) in [5.41, 5.74) is 6.41. The third-order valence-corrected chi connectivity index (χ3v) is 6.79. The lowest BCUT2D eigenvalue weighted by molar-refractivity contribution is -0.289. The number of carbonyl (C=O) groups excluding carboxylic acids is 7. The van der Waals surface area contributed by atoms with Gasteiger partial charge in [0.25, 0.3) is 0 Å². The number of halogens is 6. The van der Waals surface area contributed by atoms with Gasteiger partial charge in [-0.25, -0.2) is 9.59 Å². The van der Waals surface area contributed by atoms with Crippen molar-refractivity contribution in [2.75, 3.05) is 26.0 Å². The van der Waals surface area contributed by atoms with E-state index in [-0.39, 0.29) is 12.2 Å². The third-order valence-electron chi connectivity index (χ3n) is 6.79. The largest absolute Gasteiger partial charge is 0.469 e. The summed E-state index contributed by atoms with van der Waals surface area (Å²) in [4.78, 5) is 86.9. The number of Topliss-reactive ketones (excluding diaryl/α,β-unsaturated/α-hetero) is 1. The minimum Gasteiger partial charge on any atom is -0.469 e. The van der Waals surface area contributed by atoms with Gasteiger partial charge in [0.2, 0.25) is 17.7 Å². The molecule has 0 aliphatic carbocycles. The molecule has 284 valence electrons. The van der Waals surface area contributed by atoms with Crippen molar-refractivity contribution in [2.24, 2.45) is 5.92 Å². The van der Waals surface area contributed by atoms with E-state index in [0.29, 0.717) is 11.3 Å². The molecule has 0 saturated heterocycles. The average Bonchev–Trinajstić information content (AvgIpc) is 3.07. The van der Waals surface area contributed by atoms with Crippen LogP contribution < -0.4 is 27.0 Å². The van der Waals surface area contributed by atoms with Gasteiger partial charge in [-0.15, -0.1) is 0 Å². The topological polar surface area (TPSA) is 221 Å². The number of amides is 4. The van der Waals surface area contributed by atoms with Crippen molar-refractivity contribution in [3.8, 4) is 0 Å². The predicted octanol–water partition coefficient (Wildman–Crippen LogP) is 1.70. The Morgan fingerprint density at radius 2 is 1.38 bits per heavy atom. The zero-order valence-electron chi connectivity index (χ0n) is 27.3. The number of anilines is 1. The minimum absolute atomic E-state index is 0.0444. The Balaban J connectivity index is 2.14. The molecule has 0 spiro atoms. The Morgan fingerprint density at radius 1 is 0.788 bits per heavy atom. The van der Waals surface area contributed by atoms with Gasteiger partial charge in [-0.05, 0) is 36.8 Å². The first-order valence-corrected chi connectivity index (χ1v) is 14.8. The highest BCUT2D eigenvalue weighted by Crippen LogP contribution is 2.41. The van der Waals surface area contributed by atoms with E-state index in [9.17, 15) is 59.9 Å². The van der Waals surface area contributed by atoms with Gasteiger partial charge >= 0.3 is 30.4 Å². The lowest BCUT2D eigenvalue weighted by Gasteiger charge is -2.31. The quantitative estimate of drug-likeness (QED) is 0.0720. The number of alkyl carbamates (subject to hydrolysis) is 1. The first-order chi connectivity index (χ1) is 24.2. The summed E-state index contributed by atoms with van der Waals surface area (Å²) in [5, 5.41) is 6.66. The highest BCUT2D eigenvalue weighted by atomic mass is 19.4. The summed E-state index contributed by atoms with van der Waals surface area (Å²) < 4.78 is 96.2. The van der Waals surface area contributed by atoms with E-state index in [0.717, 1.165) is 14.0 Å². The first kappa shape index (κ1) is 42.3. The van der Waals surface area contributed by atoms with Gasteiger partial charge in [0, 0.05) is 5.69 Å². The number of nitrogen functional groups attached to an aromatic ring is 1. The predicted molar refractivity (Wildman–Crippen MR) is 164 cm³/mol. The van der Waals surface area contributed by atoms with E-state index in [1.54, 1.807) is 16.7 Å². The van der Waals surface area contributed by atoms with E-state index in [4.69, 9.17) is 15.2 Å². The highest BCUT2D eigenvalue weighted by Gasteiger charge is 2.62. The monoisotopic (exact) mass is 749 g/mol. The van der Waals surface area contributed by atoms with Crippen LogP contribution in [0.1, 0.15) is 29.3 Å². The Labute approximate surface area is 290 Å². The Morgan fingerprint density at radius 3 is 1.94 bits per heavy atom. The summed E-state index contributed by atoms with van der Waals surface area (Å²) in [5.74, 6) is -12.8. The maximum atomic E-state index is 13.7. The highest BCUT2D eigenvalue weighted by molar-refractivity contribution is 5.98. The van der Waals surface area contributed by atoms with Crippen LogP contribution in [0.25, 0.3) is 0 Å². The van der Waals surface area contributed by atoms with Crippen LogP contribution in [0.2, 0.25) is 0 Å². The molecule has 2 aromatic rings. The second-order valence-electron chi connectivity index (χ2n) is 10.8. The van der Waals surface area contributed by atoms with Crippen LogP contribution in [0.3, 0.4) is 0 Å². The van der Waals surface area contributed by atoms with Gasteiger partial charge in [-0.2, -0.15) is 26.3 Å². The smallest absolute Gasteiger partial charge is 0.407 e. The first-order valence-electron chi connectivity index (χ1n) is 14.8. The van der Waals surface area contributed by atoms with Crippen LogP contribution in [0.5, 0.6) is 0 Å². The van der Waals surface area contributed by atoms with Gasteiger partial charge in [0.15, 0.2) is 18.3 Å². The van der Waals surface area contributed by atoms with Gasteiger partial charge in [0.1, 0.15) is 31.3 Å². The Kier molecular flexibility index (Phi) is 15.4. The fraction of sp³-hybridized carbons (Fsp3) is 0.387. The molecule has 3 unspecified atom stereocenters. The number of ketones is 1. The van der Waals surface area contributed by atoms with Crippen molar-refractivity contribution in [3.05, 3.63) is 65.7 Å².